The molecule has 3 aromatic rings. The lowest BCUT2D eigenvalue weighted by atomic mass is 10.00. The summed E-state index contributed by atoms with van der Waals surface area (Å²) in [6.45, 7) is 7.02. The summed E-state index contributed by atoms with van der Waals surface area (Å²) in [7, 11) is 0. The number of thioether (sulfide) groups is 1. The van der Waals surface area contributed by atoms with Crippen molar-refractivity contribution in [3.8, 4) is 11.5 Å². The van der Waals surface area contributed by atoms with Crippen LogP contribution in [0.4, 0.5) is 4.79 Å². The number of imide groups is 1. The lowest BCUT2D eigenvalue weighted by Crippen LogP contribution is -2.44. The second-order valence-electron chi connectivity index (χ2n) is 10.1. The maximum atomic E-state index is 13.3. The van der Waals surface area contributed by atoms with Gasteiger partial charge >= 0.3 is 0 Å². The summed E-state index contributed by atoms with van der Waals surface area (Å²) in [5.41, 5.74) is 4.51. The van der Waals surface area contributed by atoms with E-state index >= 15 is 0 Å². The van der Waals surface area contributed by atoms with Gasteiger partial charge in [0.05, 0.1) is 11.5 Å². The van der Waals surface area contributed by atoms with Crippen molar-refractivity contribution in [2.45, 2.75) is 32.9 Å². The van der Waals surface area contributed by atoms with Crippen LogP contribution in [-0.4, -0.2) is 46.5 Å². The lowest BCUT2D eigenvalue weighted by Gasteiger charge is -2.29. The fourth-order valence-electron chi connectivity index (χ4n) is 5.02. The van der Waals surface area contributed by atoms with E-state index in [9.17, 15) is 14.4 Å². The van der Waals surface area contributed by atoms with Gasteiger partial charge in [0.15, 0.2) is 11.5 Å². The smallest absolute Gasteiger partial charge is 0.294 e. The summed E-state index contributed by atoms with van der Waals surface area (Å²) in [5, 5.41) is 0.552. The third-order valence-corrected chi connectivity index (χ3v) is 8.65. The lowest BCUT2D eigenvalue weighted by molar-refractivity contribution is -0.136. The van der Waals surface area contributed by atoms with Crippen LogP contribution >= 0.6 is 35.0 Å². The van der Waals surface area contributed by atoms with Gasteiger partial charge < -0.3 is 14.4 Å². The van der Waals surface area contributed by atoms with E-state index in [-0.39, 0.29) is 24.0 Å². The average Bonchev–Trinajstić information content (AvgIpc) is 3.24. The van der Waals surface area contributed by atoms with Gasteiger partial charge in [0.1, 0.15) is 13.2 Å². The number of benzene rings is 3. The van der Waals surface area contributed by atoms with Gasteiger partial charge in [0, 0.05) is 34.3 Å². The number of amides is 3. The molecule has 0 atom stereocenters. The van der Waals surface area contributed by atoms with E-state index in [0.29, 0.717) is 53.2 Å². The Kier molecular flexibility index (Phi) is 9.80. The summed E-state index contributed by atoms with van der Waals surface area (Å²) in [6, 6.07) is 16.8. The Morgan fingerprint density at radius 3 is 2.58 bits per heavy atom. The number of hydrogen-bond acceptors (Lipinski definition) is 6. The standard InChI is InChI=1S/C33H30Cl2N2O5S/c1-3-7-23-14-21(15-28(41-4-2)31(23)42-20-25-10-11-26(34)17-27(25)35)16-29-32(39)37(33(40)43-29)19-30(38)36-13-12-22-8-5-6-9-24(22)18-36/h3,5-6,8-11,14-17H,1,4,7,12-13,18-20H2,2H3/b29-16-. The molecule has 0 aromatic heterocycles. The van der Waals surface area contributed by atoms with Crippen molar-refractivity contribution in [2.75, 3.05) is 19.7 Å². The van der Waals surface area contributed by atoms with E-state index in [0.717, 1.165) is 39.8 Å². The van der Waals surface area contributed by atoms with Gasteiger partial charge in [0.2, 0.25) is 5.91 Å². The van der Waals surface area contributed by atoms with Crippen LogP contribution in [0.5, 0.6) is 11.5 Å². The van der Waals surface area contributed by atoms with Crippen LogP contribution in [0.15, 0.2) is 72.2 Å². The van der Waals surface area contributed by atoms with Crippen molar-refractivity contribution in [3.05, 3.63) is 110 Å². The topological polar surface area (TPSA) is 76.2 Å². The Hall–Kier alpha value is -3.72. The summed E-state index contributed by atoms with van der Waals surface area (Å²) in [6.07, 6.45) is 4.60. The van der Waals surface area contributed by atoms with E-state index in [2.05, 4.69) is 12.6 Å². The van der Waals surface area contributed by atoms with Crippen LogP contribution in [-0.2, 0) is 35.6 Å². The van der Waals surface area contributed by atoms with Gasteiger partial charge in [-0.15, -0.1) is 6.58 Å². The van der Waals surface area contributed by atoms with Crippen LogP contribution in [0.25, 0.3) is 6.08 Å². The normalized spacial score (nSPS) is 15.6. The van der Waals surface area contributed by atoms with Crippen molar-refractivity contribution < 1.29 is 23.9 Å². The van der Waals surface area contributed by atoms with Gasteiger partial charge in [0.25, 0.3) is 11.1 Å². The number of hydrogen-bond donors (Lipinski definition) is 0. The minimum absolute atomic E-state index is 0.190. The number of ether oxygens (including phenoxy) is 2. The molecule has 0 unspecified atom stereocenters. The number of rotatable bonds is 10. The Morgan fingerprint density at radius 1 is 1.05 bits per heavy atom. The number of carbonyl (C=O) groups is 3. The molecular formula is C33H30Cl2N2O5S. The van der Waals surface area contributed by atoms with Crippen LogP contribution in [0, 0.1) is 0 Å². The van der Waals surface area contributed by atoms with Crippen molar-refractivity contribution in [2.24, 2.45) is 0 Å². The molecule has 10 heteroatoms. The molecule has 3 aromatic carbocycles. The molecule has 0 bridgehead atoms. The molecule has 43 heavy (non-hydrogen) atoms. The molecule has 1 saturated heterocycles. The maximum Gasteiger partial charge on any atom is 0.294 e. The predicted octanol–water partition coefficient (Wildman–Crippen LogP) is 7.32. The third kappa shape index (κ3) is 7.09. The zero-order chi connectivity index (χ0) is 30.5. The Bertz CT molecular complexity index is 1620. The molecule has 0 radical (unpaired) electrons. The largest absolute Gasteiger partial charge is 0.490 e. The number of nitrogens with zero attached hydrogens (tertiary/aromatic N) is 2. The van der Waals surface area contributed by atoms with E-state index < -0.39 is 11.1 Å². The second-order valence-corrected chi connectivity index (χ2v) is 11.9. The van der Waals surface area contributed by atoms with Crippen molar-refractivity contribution >= 4 is 58.1 Å². The summed E-state index contributed by atoms with van der Waals surface area (Å²) < 4.78 is 12.1. The number of carbonyl (C=O) groups excluding carboxylic acids is 3. The average molecular weight is 638 g/mol. The summed E-state index contributed by atoms with van der Waals surface area (Å²) >= 11 is 13.2. The fraction of sp³-hybridized carbons (Fsp3) is 0.242. The van der Waals surface area contributed by atoms with E-state index in [1.54, 1.807) is 41.3 Å². The molecule has 0 saturated carbocycles. The Labute approximate surface area is 265 Å². The molecule has 3 amide bonds. The first kappa shape index (κ1) is 30.7. The molecule has 2 aliphatic heterocycles. The highest BCUT2D eigenvalue weighted by Gasteiger charge is 2.37. The maximum absolute atomic E-state index is 13.3. The van der Waals surface area contributed by atoms with Crippen molar-refractivity contribution in [3.63, 3.8) is 0 Å². The van der Waals surface area contributed by atoms with E-state index in [1.165, 1.54) is 5.56 Å². The minimum atomic E-state index is -0.498. The SMILES string of the molecule is C=CCc1cc(/C=C2\SC(=O)N(CC(=O)N3CCc4ccccc4C3)C2=O)cc(OCC)c1OCc1ccc(Cl)cc1Cl. The van der Waals surface area contributed by atoms with Gasteiger partial charge in [-0.3, -0.25) is 19.3 Å². The van der Waals surface area contributed by atoms with Crippen LogP contribution in [0.2, 0.25) is 10.0 Å². The summed E-state index contributed by atoms with van der Waals surface area (Å²) in [5.74, 6) is 0.263. The molecule has 222 valence electrons. The monoisotopic (exact) mass is 636 g/mol. The number of halogens is 2. The van der Waals surface area contributed by atoms with Crippen LogP contribution in [0.3, 0.4) is 0 Å². The van der Waals surface area contributed by atoms with Gasteiger partial charge in [-0.2, -0.15) is 0 Å². The molecule has 1 fully saturated rings. The second kappa shape index (κ2) is 13.7. The molecule has 2 aliphatic rings. The zero-order valence-corrected chi connectivity index (χ0v) is 25.9. The molecule has 0 aliphatic carbocycles. The quantitative estimate of drug-likeness (QED) is 0.171. The minimum Gasteiger partial charge on any atom is -0.490 e. The number of fused-ring (bicyclic) bond motifs is 1. The van der Waals surface area contributed by atoms with Gasteiger partial charge in [-0.05, 0) is 78.6 Å². The molecule has 2 heterocycles. The van der Waals surface area contributed by atoms with E-state index in [4.69, 9.17) is 32.7 Å². The first-order chi connectivity index (χ1) is 20.8. The highest BCUT2D eigenvalue weighted by molar-refractivity contribution is 8.18. The van der Waals surface area contributed by atoms with E-state index in [1.807, 2.05) is 31.2 Å². The van der Waals surface area contributed by atoms with Crippen LogP contribution < -0.4 is 9.47 Å². The third-order valence-electron chi connectivity index (χ3n) is 7.15. The van der Waals surface area contributed by atoms with Crippen molar-refractivity contribution in [1.29, 1.82) is 0 Å². The molecule has 5 rings (SSSR count). The van der Waals surface area contributed by atoms with Gasteiger partial charge in [-0.25, -0.2) is 0 Å². The van der Waals surface area contributed by atoms with Gasteiger partial charge in [-0.1, -0.05) is 59.6 Å². The molecule has 7 nitrogen and oxygen atoms in total. The summed E-state index contributed by atoms with van der Waals surface area (Å²) in [4.78, 5) is 42.2. The highest BCUT2D eigenvalue weighted by Crippen LogP contribution is 2.38. The Balaban J connectivity index is 1.34. The van der Waals surface area contributed by atoms with Crippen LogP contribution in [0.1, 0.15) is 34.7 Å². The number of allylic oxidation sites excluding steroid dienone is 1. The van der Waals surface area contributed by atoms with Crippen molar-refractivity contribution in [1.82, 2.24) is 9.80 Å². The fourth-order valence-corrected chi connectivity index (χ4v) is 6.32. The highest BCUT2D eigenvalue weighted by atomic mass is 35.5. The first-order valence-corrected chi connectivity index (χ1v) is 15.4. The Morgan fingerprint density at radius 2 is 1.84 bits per heavy atom. The zero-order valence-electron chi connectivity index (χ0n) is 23.6. The molecule has 0 N–H and O–H groups in total. The molecular weight excluding hydrogens is 607 g/mol. The molecule has 0 spiro atoms. The predicted molar refractivity (Wildman–Crippen MR) is 171 cm³/mol. The first-order valence-electron chi connectivity index (χ1n) is 13.8.